The lowest BCUT2D eigenvalue weighted by Crippen LogP contribution is -2.30. The van der Waals surface area contributed by atoms with Crippen molar-refractivity contribution in [2.24, 2.45) is 0 Å². The Morgan fingerprint density at radius 1 is 1.06 bits per heavy atom. The third-order valence-corrected chi connectivity index (χ3v) is 4.52. The van der Waals surface area contributed by atoms with Gasteiger partial charge in [-0.1, -0.05) is 53.7 Å². The van der Waals surface area contributed by atoms with E-state index in [2.05, 4.69) is 52.1 Å². The van der Waals surface area contributed by atoms with Crippen LogP contribution >= 0.6 is 15.9 Å². The number of halogens is 1. The molecule has 0 atom stereocenters. The van der Waals surface area contributed by atoms with Crippen LogP contribution < -0.4 is 4.90 Å². The molecular weight excluding hydrogens is 274 g/mol. The van der Waals surface area contributed by atoms with Gasteiger partial charge in [0.25, 0.3) is 0 Å². The monoisotopic (exact) mass is 295 g/mol. The second-order valence-corrected chi connectivity index (χ2v) is 5.62. The summed E-state index contributed by atoms with van der Waals surface area (Å²) < 4.78 is 0. The molecule has 1 aliphatic carbocycles. The highest BCUT2D eigenvalue weighted by atomic mass is 79.9. The van der Waals surface area contributed by atoms with Gasteiger partial charge in [0.2, 0.25) is 0 Å². The molecule has 0 radical (unpaired) electrons. The van der Waals surface area contributed by atoms with Gasteiger partial charge in [-0.25, -0.2) is 0 Å². The van der Waals surface area contributed by atoms with E-state index in [0.717, 1.165) is 11.4 Å². The maximum absolute atomic E-state index is 3.49. The molecule has 1 aromatic rings. The summed E-state index contributed by atoms with van der Waals surface area (Å²) in [5, 5.41) is 0.945. The van der Waals surface area contributed by atoms with Gasteiger partial charge < -0.3 is 4.90 Å². The van der Waals surface area contributed by atoms with Crippen LogP contribution in [0.25, 0.3) is 0 Å². The maximum atomic E-state index is 3.49. The highest BCUT2D eigenvalue weighted by molar-refractivity contribution is 9.08. The molecule has 0 heterocycles. The lowest BCUT2D eigenvalue weighted by molar-refractivity contribution is 0.553. The van der Waals surface area contributed by atoms with Gasteiger partial charge in [-0.3, -0.25) is 0 Å². The van der Waals surface area contributed by atoms with Gasteiger partial charge >= 0.3 is 0 Å². The number of benzene rings is 1. The summed E-state index contributed by atoms with van der Waals surface area (Å²) >= 11 is 3.49. The Bertz CT molecular complexity index is 325. The fraction of sp³-hybridized carbons (Fsp3) is 0.600. The van der Waals surface area contributed by atoms with Crippen molar-refractivity contribution in [1.29, 1.82) is 0 Å². The molecule has 0 bridgehead atoms. The first-order valence-electron chi connectivity index (χ1n) is 6.69. The summed E-state index contributed by atoms with van der Waals surface area (Å²) in [7, 11) is 2.25. The SMILES string of the molecule is CN(c1ccc(CBr)cc1)C1CCCCCC1. The number of alkyl halides is 1. The molecule has 1 saturated carbocycles. The molecular formula is C15H22BrN. The van der Waals surface area contributed by atoms with Gasteiger partial charge in [0, 0.05) is 24.1 Å². The topological polar surface area (TPSA) is 3.24 Å². The first-order chi connectivity index (χ1) is 8.31. The molecule has 1 aromatic carbocycles. The zero-order valence-electron chi connectivity index (χ0n) is 10.7. The average Bonchev–Trinajstić information content (AvgIpc) is 2.67. The normalized spacial score (nSPS) is 17.8. The van der Waals surface area contributed by atoms with Gasteiger partial charge in [0.15, 0.2) is 0 Å². The summed E-state index contributed by atoms with van der Waals surface area (Å²) in [5.74, 6) is 0. The van der Waals surface area contributed by atoms with E-state index in [9.17, 15) is 0 Å². The van der Waals surface area contributed by atoms with Crippen molar-refractivity contribution in [2.45, 2.75) is 49.9 Å². The zero-order chi connectivity index (χ0) is 12.1. The number of hydrogen-bond acceptors (Lipinski definition) is 1. The van der Waals surface area contributed by atoms with Gasteiger partial charge in [0.1, 0.15) is 0 Å². The third-order valence-electron chi connectivity index (χ3n) is 3.87. The van der Waals surface area contributed by atoms with Crippen LogP contribution in [0.4, 0.5) is 5.69 Å². The smallest absolute Gasteiger partial charge is 0.0366 e. The maximum Gasteiger partial charge on any atom is 0.0366 e. The molecule has 0 N–H and O–H groups in total. The second-order valence-electron chi connectivity index (χ2n) is 5.06. The Morgan fingerprint density at radius 2 is 1.65 bits per heavy atom. The van der Waals surface area contributed by atoms with Crippen molar-refractivity contribution in [1.82, 2.24) is 0 Å². The molecule has 2 heteroatoms. The number of hydrogen-bond donors (Lipinski definition) is 0. The van der Waals surface area contributed by atoms with E-state index < -0.39 is 0 Å². The number of rotatable bonds is 3. The summed E-state index contributed by atoms with van der Waals surface area (Å²) in [6, 6.07) is 9.68. The van der Waals surface area contributed by atoms with Gasteiger partial charge in [-0.05, 0) is 30.5 Å². The van der Waals surface area contributed by atoms with E-state index in [-0.39, 0.29) is 0 Å². The van der Waals surface area contributed by atoms with Crippen LogP contribution in [0.5, 0.6) is 0 Å². The molecule has 1 fully saturated rings. The predicted molar refractivity (Wildman–Crippen MR) is 79.0 cm³/mol. The summed E-state index contributed by atoms with van der Waals surface area (Å²) in [5.41, 5.74) is 2.71. The van der Waals surface area contributed by atoms with E-state index in [1.807, 2.05) is 0 Å². The molecule has 0 saturated heterocycles. The van der Waals surface area contributed by atoms with E-state index in [0.29, 0.717) is 0 Å². The molecule has 1 nitrogen and oxygen atoms in total. The summed E-state index contributed by atoms with van der Waals surface area (Å²) in [6.45, 7) is 0. The van der Waals surface area contributed by atoms with Crippen LogP contribution in [0, 0.1) is 0 Å². The Morgan fingerprint density at radius 3 is 2.18 bits per heavy atom. The molecule has 17 heavy (non-hydrogen) atoms. The van der Waals surface area contributed by atoms with Crippen LogP contribution in [-0.2, 0) is 5.33 Å². The van der Waals surface area contributed by atoms with Crippen LogP contribution in [0.2, 0.25) is 0 Å². The largest absolute Gasteiger partial charge is 0.372 e. The molecule has 2 rings (SSSR count). The quantitative estimate of drug-likeness (QED) is 0.575. The van der Waals surface area contributed by atoms with Crippen molar-refractivity contribution >= 4 is 21.6 Å². The number of anilines is 1. The fourth-order valence-electron chi connectivity index (χ4n) is 2.68. The molecule has 1 aliphatic rings. The van der Waals surface area contributed by atoms with Crippen molar-refractivity contribution in [2.75, 3.05) is 11.9 Å². The van der Waals surface area contributed by atoms with E-state index in [1.165, 1.54) is 49.8 Å². The van der Waals surface area contributed by atoms with Crippen molar-refractivity contribution in [3.63, 3.8) is 0 Å². The van der Waals surface area contributed by atoms with Crippen LogP contribution in [-0.4, -0.2) is 13.1 Å². The van der Waals surface area contributed by atoms with E-state index in [4.69, 9.17) is 0 Å². The highest BCUT2D eigenvalue weighted by Crippen LogP contribution is 2.25. The molecule has 0 aliphatic heterocycles. The van der Waals surface area contributed by atoms with Gasteiger partial charge in [-0.2, -0.15) is 0 Å². The standard InChI is InChI=1S/C15H22BrN/c1-17(14-6-4-2-3-5-7-14)15-10-8-13(12-16)9-11-15/h8-11,14H,2-7,12H2,1H3. The number of nitrogens with zero attached hydrogens (tertiary/aromatic N) is 1. The molecule has 0 aromatic heterocycles. The summed E-state index contributed by atoms with van der Waals surface area (Å²) in [4.78, 5) is 2.48. The lowest BCUT2D eigenvalue weighted by Gasteiger charge is -2.29. The van der Waals surface area contributed by atoms with Crippen molar-refractivity contribution < 1.29 is 0 Å². The molecule has 94 valence electrons. The van der Waals surface area contributed by atoms with E-state index >= 15 is 0 Å². The first kappa shape index (κ1) is 12.9. The van der Waals surface area contributed by atoms with Gasteiger partial charge in [0.05, 0.1) is 0 Å². The minimum atomic E-state index is 0.743. The Labute approximate surface area is 113 Å². The minimum absolute atomic E-state index is 0.743. The molecule has 0 unspecified atom stereocenters. The minimum Gasteiger partial charge on any atom is -0.372 e. The lowest BCUT2D eigenvalue weighted by atomic mass is 10.1. The Kier molecular flexibility index (Phi) is 4.90. The second kappa shape index (κ2) is 6.44. The van der Waals surface area contributed by atoms with Crippen molar-refractivity contribution in [3.8, 4) is 0 Å². The third kappa shape index (κ3) is 3.48. The average molecular weight is 296 g/mol. The predicted octanol–water partition coefficient (Wildman–Crippen LogP) is 4.74. The van der Waals surface area contributed by atoms with Crippen LogP contribution in [0.1, 0.15) is 44.1 Å². The van der Waals surface area contributed by atoms with Crippen molar-refractivity contribution in [3.05, 3.63) is 29.8 Å². The first-order valence-corrected chi connectivity index (χ1v) is 7.81. The van der Waals surface area contributed by atoms with Crippen LogP contribution in [0.15, 0.2) is 24.3 Å². The Hall–Kier alpha value is -0.500. The zero-order valence-corrected chi connectivity index (χ0v) is 12.2. The van der Waals surface area contributed by atoms with Gasteiger partial charge in [-0.15, -0.1) is 0 Å². The van der Waals surface area contributed by atoms with Crippen LogP contribution in [0.3, 0.4) is 0 Å². The summed E-state index contributed by atoms with van der Waals surface area (Å²) in [6.07, 6.45) is 8.36. The Balaban J connectivity index is 2.03. The fourth-order valence-corrected chi connectivity index (χ4v) is 3.05. The highest BCUT2D eigenvalue weighted by Gasteiger charge is 2.16. The molecule has 0 amide bonds. The van der Waals surface area contributed by atoms with E-state index in [1.54, 1.807) is 0 Å². The molecule has 0 spiro atoms.